The molecule has 1 heterocycles. The highest BCUT2D eigenvalue weighted by atomic mass is 16.4. The van der Waals surface area contributed by atoms with Gasteiger partial charge >= 0.3 is 5.97 Å². The molecule has 2 aromatic carbocycles. The molecule has 104 valence electrons. The van der Waals surface area contributed by atoms with Crippen molar-refractivity contribution in [1.29, 1.82) is 0 Å². The van der Waals surface area contributed by atoms with Crippen molar-refractivity contribution >= 4 is 5.97 Å². The van der Waals surface area contributed by atoms with Crippen molar-refractivity contribution in [1.82, 2.24) is 15.0 Å². The van der Waals surface area contributed by atoms with Crippen molar-refractivity contribution < 1.29 is 9.90 Å². The maximum absolute atomic E-state index is 10.8. The second-order valence-electron chi connectivity index (χ2n) is 4.77. The van der Waals surface area contributed by atoms with Gasteiger partial charge in [-0.05, 0) is 31.2 Å². The van der Waals surface area contributed by atoms with E-state index in [0.717, 1.165) is 16.9 Å². The predicted octanol–water partition coefficient (Wildman–Crippen LogP) is 2.94. The van der Waals surface area contributed by atoms with Crippen LogP contribution in [0.25, 0.3) is 16.9 Å². The quantitative estimate of drug-likeness (QED) is 0.800. The third-order valence-electron chi connectivity index (χ3n) is 3.22. The van der Waals surface area contributed by atoms with Crippen molar-refractivity contribution in [2.24, 2.45) is 0 Å². The molecule has 0 radical (unpaired) electrons. The van der Waals surface area contributed by atoms with Gasteiger partial charge < -0.3 is 5.11 Å². The summed E-state index contributed by atoms with van der Waals surface area (Å²) in [6, 6.07) is 14.5. The Morgan fingerprint density at radius 2 is 1.71 bits per heavy atom. The van der Waals surface area contributed by atoms with Gasteiger partial charge in [0, 0.05) is 5.56 Å². The Hall–Kier alpha value is -2.95. The minimum absolute atomic E-state index is 0.248. The third-order valence-corrected chi connectivity index (χ3v) is 3.22. The minimum Gasteiger partial charge on any atom is -0.478 e. The fraction of sp³-hybridized carbons (Fsp3) is 0.0625. The molecule has 0 amide bonds. The number of benzene rings is 2. The molecule has 0 spiro atoms. The first kappa shape index (κ1) is 13.1. The summed E-state index contributed by atoms with van der Waals surface area (Å²) in [5.74, 6) is -0.944. The number of carboxylic acids is 1. The van der Waals surface area contributed by atoms with Crippen molar-refractivity contribution in [3.63, 3.8) is 0 Å². The van der Waals surface area contributed by atoms with Gasteiger partial charge in [0.1, 0.15) is 5.69 Å². The normalized spacial score (nSPS) is 10.5. The lowest BCUT2D eigenvalue weighted by atomic mass is 10.1. The van der Waals surface area contributed by atoms with Crippen LogP contribution >= 0.6 is 0 Å². The van der Waals surface area contributed by atoms with E-state index < -0.39 is 5.97 Å². The number of carbonyl (C=O) groups is 1. The minimum atomic E-state index is -0.944. The maximum Gasteiger partial charge on any atom is 0.335 e. The summed E-state index contributed by atoms with van der Waals surface area (Å²) >= 11 is 0. The van der Waals surface area contributed by atoms with Crippen LogP contribution in [0, 0.1) is 6.92 Å². The molecule has 0 unspecified atom stereocenters. The zero-order valence-corrected chi connectivity index (χ0v) is 11.4. The van der Waals surface area contributed by atoms with E-state index in [1.807, 2.05) is 37.4 Å². The van der Waals surface area contributed by atoms with Gasteiger partial charge in [-0.1, -0.05) is 35.0 Å². The second-order valence-corrected chi connectivity index (χ2v) is 4.77. The standard InChI is InChI=1S/C16H13N3O2/c1-11-2-4-12(5-3-11)15-10-19(18-17-15)14-8-6-13(7-9-14)16(20)21/h2-10H,1H3,(H,20,21). The summed E-state index contributed by atoms with van der Waals surface area (Å²) < 4.78 is 1.63. The van der Waals surface area contributed by atoms with Gasteiger partial charge in [-0.3, -0.25) is 0 Å². The van der Waals surface area contributed by atoms with Crippen molar-refractivity contribution in [3.8, 4) is 16.9 Å². The van der Waals surface area contributed by atoms with Crippen LogP contribution < -0.4 is 0 Å². The molecule has 0 aliphatic rings. The van der Waals surface area contributed by atoms with Crippen molar-refractivity contribution in [2.45, 2.75) is 6.92 Å². The number of aromatic carboxylic acids is 1. The first-order valence-electron chi connectivity index (χ1n) is 6.46. The van der Waals surface area contributed by atoms with E-state index in [0.29, 0.717) is 0 Å². The lowest BCUT2D eigenvalue weighted by molar-refractivity contribution is 0.0697. The van der Waals surface area contributed by atoms with E-state index in [-0.39, 0.29) is 5.56 Å². The molecule has 0 aliphatic heterocycles. The first-order valence-corrected chi connectivity index (χ1v) is 6.46. The molecule has 1 N–H and O–H groups in total. The molecule has 1 aromatic heterocycles. The Morgan fingerprint density at radius 1 is 1.05 bits per heavy atom. The molecule has 5 heteroatoms. The van der Waals surface area contributed by atoms with Crippen LogP contribution in [0.15, 0.2) is 54.7 Å². The molecule has 0 bridgehead atoms. The molecule has 0 fully saturated rings. The van der Waals surface area contributed by atoms with Crippen LogP contribution in [0.1, 0.15) is 15.9 Å². The van der Waals surface area contributed by atoms with Crippen LogP contribution in [0.2, 0.25) is 0 Å². The Kier molecular flexibility index (Phi) is 3.23. The summed E-state index contributed by atoms with van der Waals surface area (Å²) in [4.78, 5) is 10.8. The van der Waals surface area contributed by atoms with E-state index in [4.69, 9.17) is 5.11 Å². The molecule has 0 aliphatic carbocycles. The molecule has 0 saturated heterocycles. The number of carboxylic acid groups (broad SMARTS) is 1. The van der Waals surface area contributed by atoms with Gasteiger partial charge in [-0.15, -0.1) is 5.10 Å². The lowest BCUT2D eigenvalue weighted by Gasteiger charge is -2.00. The Labute approximate surface area is 121 Å². The van der Waals surface area contributed by atoms with Gasteiger partial charge in [0.2, 0.25) is 0 Å². The van der Waals surface area contributed by atoms with Crippen molar-refractivity contribution in [2.75, 3.05) is 0 Å². The van der Waals surface area contributed by atoms with Crippen LogP contribution in [0.4, 0.5) is 0 Å². The van der Waals surface area contributed by atoms with E-state index in [1.54, 1.807) is 28.9 Å². The SMILES string of the molecule is Cc1ccc(-c2cn(-c3ccc(C(=O)O)cc3)nn2)cc1. The summed E-state index contributed by atoms with van der Waals surface area (Å²) in [5, 5.41) is 17.1. The molecule has 3 aromatic rings. The van der Waals surface area contributed by atoms with E-state index in [9.17, 15) is 4.79 Å². The molecule has 0 atom stereocenters. The van der Waals surface area contributed by atoms with Gasteiger partial charge in [-0.25, -0.2) is 9.48 Å². The van der Waals surface area contributed by atoms with Crippen LogP contribution in [-0.4, -0.2) is 26.1 Å². The van der Waals surface area contributed by atoms with Gasteiger partial charge in [0.05, 0.1) is 17.4 Å². The second kappa shape index (κ2) is 5.20. The Balaban J connectivity index is 1.90. The van der Waals surface area contributed by atoms with E-state index in [1.165, 1.54) is 5.56 Å². The fourth-order valence-electron chi connectivity index (χ4n) is 2.00. The molecular formula is C16H13N3O2. The number of nitrogens with zero attached hydrogens (tertiary/aromatic N) is 3. The predicted molar refractivity (Wildman–Crippen MR) is 78.5 cm³/mol. The van der Waals surface area contributed by atoms with Crippen LogP contribution in [-0.2, 0) is 0 Å². The highest BCUT2D eigenvalue weighted by molar-refractivity contribution is 5.87. The average molecular weight is 279 g/mol. The van der Waals surface area contributed by atoms with E-state index in [2.05, 4.69) is 10.3 Å². The van der Waals surface area contributed by atoms with Crippen molar-refractivity contribution in [3.05, 3.63) is 65.9 Å². The summed E-state index contributed by atoms with van der Waals surface area (Å²) in [5.41, 5.74) is 3.98. The zero-order chi connectivity index (χ0) is 14.8. The van der Waals surface area contributed by atoms with Gasteiger partial charge in [0.25, 0.3) is 0 Å². The highest BCUT2D eigenvalue weighted by Crippen LogP contribution is 2.18. The monoisotopic (exact) mass is 279 g/mol. The lowest BCUT2D eigenvalue weighted by Crippen LogP contribution is -1.98. The van der Waals surface area contributed by atoms with Gasteiger partial charge in [-0.2, -0.15) is 0 Å². The number of hydrogen-bond donors (Lipinski definition) is 1. The Bertz CT molecular complexity index is 774. The molecule has 0 saturated carbocycles. The van der Waals surface area contributed by atoms with Crippen LogP contribution in [0.5, 0.6) is 0 Å². The van der Waals surface area contributed by atoms with Gasteiger partial charge in [0.15, 0.2) is 0 Å². The smallest absolute Gasteiger partial charge is 0.335 e. The molecule has 5 nitrogen and oxygen atoms in total. The van der Waals surface area contributed by atoms with E-state index >= 15 is 0 Å². The Morgan fingerprint density at radius 3 is 2.33 bits per heavy atom. The number of hydrogen-bond acceptors (Lipinski definition) is 3. The zero-order valence-electron chi connectivity index (χ0n) is 11.4. The largest absolute Gasteiger partial charge is 0.478 e. The summed E-state index contributed by atoms with van der Waals surface area (Å²) in [6.07, 6.45) is 1.82. The third kappa shape index (κ3) is 2.67. The number of rotatable bonds is 3. The highest BCUT2D eigenvalue weighted by Gasteiger charge is 2.06. The summed E-state index contributed by atoms with van der Waals surface area (Å²) in [6.45, 7) is 2.03. The molecule has 3 rings (SSSR count). The number of aromatic nitrogens is 3. The first-order chi connectivity index (χ1) is 10.1. The van der Waals surface area contributed by atoms with Crippen LogP contribution in [0.3, 0.4) is 0 Å². The fourth-order valence-corrected chi connectivity index (χ4v) is 2.00. The topological polar surface area (TPSA) is 68.0 Å². The average Bonchev–Trinajstić information content (AvgIpc) is 2.98. The number of aryl methyl sites for hydroxylation is 1. The molecular weight excluding hydrogens is 266 g/mol. The maximum atomic E-state index is 10.8. The molecule has 21 heavy (non-hydrogen) atoms. The summed E-state index contributed by atoms with van der Waals surface area (Å²) in [7, 11) is 0.